The molecule has 0 spiro atoms. The molecule has 0 fully saturated rings. The minimum atomic E-state index is -4.05. The molecule has 0 aliphatic rings. The summed E-state index contributed by atoms with van der Waals surface area (Å²) in [4.78, 5) is 20.8. The lowest BCUT2D eigenvalue weighted by Crippen LogP contribution is -2.25. The third kappa shape index (κ3) is 21.9. The van der Waals surface area contributed by atoms with Crippen molar-refractivity contribution in [2.24, 2.45) is 5.73 Å². The molecule has 0 radical (unpaired) electrons. The van der Waals surface area contributed by atoms with Gasteiger partial charge in [-0.15, -0.1) is 0 Å². The molecule has 1 amide bonds. The maximum Gasteiger partial charge on any atom is 0.472 e. The minimum absolute atomic E-state index is 0.0373. The zero-order valence-corrected chi connectivity index (χ0v) is 19.1. The molecule has 174 valence electrons. The lowest BCUT2D eigenvalue weighted by atomic mass is 10.1. The average Bonchev–Trinajstić information content (AvgIpc) is 2.69. The van der Waals surface area contributed by atoms with Crippen molar-refractivity contribution in [3.05, 3.63) is 0 Å². The minimum Gasteiger partial charge on any atom is -0.449 e. The monoisotopic (exact) mass is 438 g/mol. The molecule has 0 aromatic heterocycles. The molecule has 1 unspecified atom stereocenters. The Hall–Kier alpha value is -0.660. The molecule has 0 bridgehead atoms. The molecule has 0 heterocycles. The Morgan fingerprint density at radius 1 is 0.828 bits per heavy atom. The van der Waals surface area contributed by atoms with Crippen molar-refractivity contribution < 1.29 is 28.0 Å². The van der Waals surface area contributed by atoms with Crippen LogP contribution >= 0.6 is 7.82 Å². The second-order valence-electron chi connectivity index (χ2n) is 7.23. The highest BCUT2D eigenvalue weighted by molar-refractivity contribution is 7.47. The lowest BCUT2D eigenvalue weighted by Gasteiger charge is -2.11. The van der Waals surface area contributed by atoms with Crippen LogP contribution in [0.15, 0.2) is 0 Å². The Kier molecular flexibility index (Phi) is 20.1. The van der Waals surface area contributed by atoms with E-state index < -0.39 is 13.9 Å². The number of amides is 1. The Labute approximate surface area is 176 Å². The number of rotatable bonds is 21. The fourth-order valence-electron chi connectivity index (χ4n) is 2.82. The van der Waals surface area contributed by atoms with Crippen LogP contribution in [0, 0.1) is 0 Å². The zero-order valence-electron chi connectivity index (χ0n) is 18.2. The fraction of sp³-hybridized carbons (Fsp3) is 0.950. The van der Waals surface area contributed by atoms with Gasteiger partial charge in [-0.05, 0) is 6.42 Å². The van der Waals surface area contributed by atoms with Crippen LogP contribution < -0.4 is 11.1 Å². The molecule has 0 aliphatic heterocycles. The summed E-state index contributed by atoms with van der Waals surface area (Å²) in [6.45, 7) is 3.01. The highest BCUT2D eigenvalue weighted by Gasteiger charge is 2.19. The van der Waals surface area contributed by atoms with Crippen LogP contribution in [-0.2, 0) is 18.3 Å². The third-order valence-electron chi connectivity index (χ3n) is 4.45. The standard InChI is InChI=1S/C20H43N2O6P/c1-2-3-4-5-6-7-8-9-10-11-12-13-16-22-20(23)26-17-14-18-27-29(24,25)28-19-15-21/h2-19,21H2,1H3,(H,22,23)(H,24,25). The van der Waals surface area contributed by atoms with Crippen LogP contribution in [-0.4, -0.2) is 43.9 Å². The Morgan fingerprint density at radius 2 is 1.34 bits per heavy atom. The first-order valence-electron chi connectivity index (χ1n) is 11.2. The van der Waals surface area contributed by atoms with Gasteiger partial charge in [-0.3, -0.25) is 9.05 Å². The second kappa shape index (κ2) is 20.6. The van der Waals surface area contributed by atoms with Crippen molar-refractivity contribution in [3.8, 4) is 0 Å². The molecule has 4 N–H and O–H groups in total. The summed E-state index contributed by atoms with van der Waals surface area (Å²) in [5.41, 5.74) is 5.18. The van der Waals surface area contributed by atoms with Gasteiger partial charge < -0.3 is 20.7 Å². The van der Waals surface area contributed by atoms with E-state index in [2.05, 4.69) is 16.8 Å². The van der Waals surface area contributed by atoms with Crippen molar-refractivity contribution in [3.63, 3.8) is 0 Å². The van der Waals surface area contributed by atoms with Gasteiger partial charge in [-0.25, -0.2) is 9.36 Å². The number of nitrogens with two attached hydrogens (primary N) is 1. The number of hydrogen-bond acceptors (Lipinski definition) is 6. The molecule has 0 aromatic carbocycles. The van der Waals surface area contributed by atoms with Gasteiger partial charge in [0.25, 0.3) is 0 Å². The van der Waals surface area contributed by atoms with E-state index in [1.54, 1.807) is 0 Å². The normalized spacial score (nSPS) is 13.2. The molecular weight excluding hydrogens is 395 g/mol. The van der Waals surface area contributed by atoms with E-state index in [-0.39, 0.29) is 26.4 Å². The van der Waals surface area contributed by atoms with Crippen LogP contribution in [0.5, 0.6) is 0 Å². The van der Waals surface area contributed by atoms with E-state index in [0.29, 0.717) is 13.0 Å². The Bertz CT molecular complexity index is 426. The van der Waals surface area contributed by atoms with Crippen LogP contribution in [0.4, 0.5) is 4.79 Å². The molecule has 8 nitrogen and oxygen atoms in total. The number of nitrogens with one attached hydrogen (secondary N) is 1. The van der Waals surface area contributed by atoms with Crippen molar-refractivity contribution >= 4 is 13.9 Å². The number of hydrogen-bond donors (Lipinski definition) is 3. The molecule has 0 aromatic rings. The summed E-state index contributed by atoms with van der Waals surface area (Å²) < 4.78 is 25.6. The summed E-state index contributed by atoms with van der Waals surface area (Å²) in [6.07, 6.45) is 15.2. The molecular formula is C20H43N2O6P. The molecule has 0 saturated carbocycles. The van der Waals surface area contributed by atoms with Gasteiger partial charge in [0.1, 0.15) is 0 Å². The van der Waals surface area contributed by atoms with E-state index in [1.807, 2.05) is 0 Å². The van der Waals surface area contributed by atoms with Crippen LogP contribution in [0.2, 0.25) is 0 Å². The van der Waals surface area contributed by atoms with Crippen molar-refractivity contribution in [1.29, 1.82) is 0 Å². The number of unbranched alkanes of at least 4 members (excludes halogenated alkanes) is 11. The van der Waals surface area contributed by atoms with Gasteiger partial charge in [-0.1, -0.05) is 77.6 Å². The SMILES string of the molecule is CCCCCCCCCCCCCCNC(=O)OCCCOP(=O)(O)OCCN. The molecule has 0 aliphatic carbocycles. The number of ether oxygens (including phenoxy) is 1. The van der Waals surface area contributed by atoms with Gasteiger partial charge >= 0.3 is 13.9 Å². The first-order valence-corrected chi connectivity index (χ1v) is 12.7. The summed E-state index contributed by atoms with van der Waals surface area (Å²) in [5.74, 6) is 0. The van der Waals surface area contributed by atoms with Crippen LogP contribution in [0.25, 0.3) is 0 Å². The van der Waals surface area contributed by atoms with Crippen LogP contribution in [0.3, 0.4) is 0 Å². The molecule has 1 atom stereocenters. The smallest absolute Gasteiger partial charge is 0.449 e. The largest absolute Gasteiger partial charge is 0.472 e. The quantitative estimate of drug-likeness (QED) is 0.172. The maximum absolute atomic E-state index is 11.5. The first kappa shape index (κ1) is 28.3. The van der Waals surface area contributed by atoms with E-state index in [0.717, 1.165) is 12.8 Å². The van der Waals surface area contributed by atoms with Crippen molar-refractivity contribution in [2.75, 3.05) is 32.9 Å². The van der Waals surface area contributed by atoms with Gasteiger partial charge in [-0.2, -0.15) is 0 Å². The predicted octanol–water partition coefficient (Wildman–Crippen LogP) is 4.90. The molecule has 9 heteroatoms. The highest BCUT2D eigenvalue weighted by atomic mass is 31.2. The van der Waals surface area contributed by atoms with E-state index >= 15 is 0 Å². The fourth-order valence-corrected chi connectivity index (χ4v) is 3.59. The number of phosphoric acid groups is 1. The summed E-state index contributed by atoms with van der Waals surface area (Å²) in [6, 6.07) is 0. The van der Waals surface area contributed by atoms with Gasteiger partial charge in [0.15, 0.2) is 0 Å². The predicted molar refractivity (Wildman–Crippen MR) is 116 cm³/mol. The van der Waals surface area contributed by atoms with Gasteiger partial charge in [0, 0.05) is 19.5 Å². The molecule has 0 saturated heterocycles. The molecule has 0 rings (SSSR count). The van der Waals surface area contributed by atoms with E-state index in [1.165, 1.54) is 64.2 Å². The number of alkyl carbamates (subject to hydrolysis) is 1. The number of carbonyl (C=O) groups is 1. The average molecular weight is 439 g/mol. The van der Waals surface area contributed by atoms with Gasteiger partial charge in [0.05, 0.1) is 19.8 Å². The molecule has 29 heavy (non-hydrogen) atoms. The first-order chi connectivity index (χ1) is 14.0. The topological polar surface area (TPSA) is 120 Å². The Morgan fingerprint density at radius 3 is 1.90 bits per heavy atom. The highest BCUT2D eigenvalue weighted by Crippen LogP contribution is 2.42. The summed E-state index contributed by atoms with van der Waals surface area (Å²) >= 11 is 0. The van der Waals surface area contributed by atoms with Gasteiger partial charge in [0.2, 0.25) is 0 Å². The van der Waals surface area contributed by atoms with Crippen molar-refractivity contribution in [1.82, 2.24) is 5.32 Å². The van der Waals surface area contributed by atoms with E-state index in [4.69, 9.17) is 15.0 Å². The number of phosphoric ester groups is 1. The summed E-state index contributed by atoms with van der Waals surface area (Å²) in [5, 5.41) is 2.71. The van der Waals surface area contributed by atoms with Crippen molar-refractivity contribution in [2.45, 2.75) is 90.4 Å². The van der Waals surface area contributed by atoms with Crippen LogP contribution in [0.1, 0.15) is 90.4 Å². The van der Waals surface area contributed by atoms with E-state index in [9.17, 15) is 14.3 Å². The Balaban J connectivity index is 3.31. The maximum atomic E-state index is 11.5. The lowest BCUT2D eigenvalue weighted by molar-refractivity contribution is 0.122. The number of carbonyl (C=O) groups excluding carboxylic acids is 1. The zero-order chi connectivity index (χ0) is 21.6. The second-order valence-corrected chi connectivity index (χ2v) is 8.68. The third-order valence-corrected chi connectivity index (χ3v) is 5.47. The summed E-state index contributed by atoms with van der Waals surface area (Å²) in [7, 11) is -4.05.